The topological polar surface area (TPSA) is 60.2 Å². The molecule has 1 aromatic carbocycles. The number of nitrogens with zero attached hydrogens (tertiary/aromatic N) is 1. The summed E-state index contributed by atoms with van der Waals surface area (Å²) in [5, 5.41) is 7.60. The molecule has 5 nitrogen and oxygen atoms in total. The van der Waals surface area contributed by atoms with E-state index < -0.39 is 0 Å². The number of rotatable bonds is 2. The van der Waals surface area contributed by atoms with Gasteiger partial charge >= 0.3 is 6.03 Å². The zero-order chi connectivity index (χ0) is 15.6. The van der Waals surface area contributed by atoms with E-state index in [2.05, 4.69) is 15.6 Å². The van der Waals surface area contributed by atoms with Gasteiger partial charge in [0.25, 0.3) is 0 Å². The van der Waals surface area contributed by atoms with Crippen molar-refractivity contribution in [2.75, 3.05) is 31.5 Å². The highest BCUT2D eigenvalue weighted by atomic mass is 16.2. The third-order valence-electron chi connectivity index (χ3n) is 5.43. The van der Waals surface area contributed by atoms with Crippen LogP contribution in [0.4, 0.5) is 10.5 Å². The van der Waals surface area contributed by atoms with Crippen molar-refractivity contribution in [2.24, 2.45) is 11.8 Å². The second-order valence-electron chi connectivity index (χ2n) is 6.75. The molecule has 0 spiro atoms. The van der Waals surface area contributed by atoms with Crippen LogP contribution in [0.5, 0.6) is 0 Å². The highest BCUT2D eigenvalue weighted by Gasteiger charge is 2.30. The number of aromatic nitrogens is 1. The number of anilines is 1. The number of hydrogen-bond donors (Lipinski definition) is 3. The van der Waals surface area contributed by atoms with E-state index in [4.69, 9.17) is 0 Å². The van der Waals surface area contributed by atoms with Crippen LogP contribution in [-0.2, 0) is 0 Å². The van der Waals surface area contributed by atoms with Crippen LogP contribution in [0.2, 0.25) is 0 Å². The summed E-state index contributed by atoms with van der Waals surface area (Å²) in [6.07, 6.45) is 5.47. The van der Waals surface area contributed by atoms with Crippen molar-refractivity contribution >= 4 is 22.6 Å². The molecule has 2 aliphatic rings. The number of carbonyl (C=O) groups is 1. The summed E-state index contributed by atoms with van der Waals surface area (Å²) < 4.78 is 0. The maximum atomic E-state index is 12.6. The van der Waals surface area contributed by atoms with Crippen LogP contribution >= 0.6 is 0 Å². The van der Waals surface area contributed by atoms with Gasteiger partial charge < -0.3 is 20.5 Å². The lowest BCUT2D eigenvalue weighted by Gasteiger charge is -2.34. The van der Waals surface area contributed by atoms with E-state index in [1.54, 1.807) is 0 Å². The smallest absolute Gasteiger partial charge is 0.321 e. The Morgan fingerprint density at radius 2 is 2.00 bits per heavy atom. The van der Waals surface area contributed by atoms with E-state index in [1.807, 2.05) is 35.4 Å². The quantitative estimate of drug-likeness (QED) is 0.798. The molecule has 1 aromatic heterocycles. The van der Waals surface area contributed by atoms with Crippen LogP contribution in [0.15, 0.2) is 30.5 Å². The molecular formula is C18H24N4O. The molecule has 0 radical (unpaired) electrons. The summed E-state index contributed by atoms with van der Waals surface area (Å²) in [5.41, 5.74) is 1.94. The van der Waals surface area contributed by atoms with Gasteiger partial charge in [-0.2, -0.15) is 0 Å². The maximum Gasteiger partial charge on any atom is 0.321 e. The minimum absolute atomic E-state index is 0.0293. The molecule has 3 heterocycles. The number of likely N-dealkylation sites (tertiary alicyclic amines) is 1. The Balaban J connectivity index is 1.37. The Morgan fingerprint density at radius 1 is 1.13 bits per heavy atom. The minimum atomic E-state index is 0.0293. The summed E-state index contributed by atoms with van der Waals surface area (Å²) in [4.78, 5) is 17.7. The van der Waals surface area contributed by atoms with Crippen molar-refractivity contribution < 1.29 is 4.79 Å². The van der Waals surface area contributed by atoms with Crippen LogP contribution in [0.25, 0.3) is 10.9 Å². The Kier molecular flexibility index (Phi) is 3.95. The lowest BCUT2D eigenvalue weighted by atomic mass is 9.84. The average Bonchev–Trinajstić information content (AvgIpc) is 3.27. The third kappa shape index (κ3) is 2.93. The first-order valence-corrected chi connectivity index (χ1v) is 8.64. The van der Waals surface area contributed by atoms with E-state index in [0.717, 1.165) is 67.4 Å². The number of benzene rings is 1. The molecule has 2 saturated heterocycles. The molecule has 4 rings (SSSR count). The molecule has 23 heavy (non-hydrogen) atoms. The van der Waals surface area contributed by atoms with Crippen LogP contribution in [0.3, 0.4) is 0 Å². The van der Waals surface area contributed by atoms with Crippen molar-refractivity contribution in [3.05, 3.63) is 30.5 Å². The molecule has 5 heteroatoms. The van der Waals surface area contributed by atoms with E-state index in [9.17, 15) is 4.79 Å². The zero-order valence-electron chi connectivity index (χ0n) is 13.3. The van der Waals surface area contributed by atoms with Crippen LogP contribution < -0.4 is 10.6 Å². The van der Waals surface area contributed by atoms with Gasteiger partial charge in [-0.05, 0) is 62.4 Å². The van der Waals surface area contributed by atoms with Gasteiger partial charge in [0, 0.05) is 30.2 Å². The maximum absolute atomic E-state index is 12.6. The number of hydrogen-bond acceptors (Lipinski definition) is 2. The zero-order valence-corrected chi connectivity index (χ0v) is 13.3. The SMILES string of the molecule is O=C(Nc1cccc2[nH]ccc12)N1CCC(C2CCNC2)CC1. The first-order chi connectivity index (χ1) is 11.3. The van der Waals surface area contributed by atoms with Gasteiger partial charge in [-0.3, -0.25) is 0 Å². The standard InChI is InChI=1S/C18H24N4O/c23-18(21-17-3-1-2-16-15(17)5-9-20-16)22-10-6-13(7-11-22)14-4-8-19-12-14/h1-3,5,9,13-14,19-20H,4,6-8,10-12H2,(H,21,23). The number of amides is 2. The summed E-state index contributed by atoms with van der Waals surface area (Å²) in [6, 6.07) is 7.98. The second kappa shape index (κ2) is 6.24. The number of piperidine rings is 1. The molecule has 0 aliphatic carbocycles. The molecule has 2 fully saturated rings. The third-order valence-corrected chi connectivity index (χ3v) is 5.43. The molecule has 2 aliphatic heterocycles. The Hall–Kier alpha value is -2.01. The minimum Gasteiger partial charge on any atom is -0.361 e. The van der Waals surface area contributed by atoms with E-state index in [-0.39, 0.29) is 6.03 Å². The summed E-state index contributed by atoms with van der Waals surface area (Å²) >= 11 is 0. The molecule has 0 bridgehead atoms. The van der Waals surface area contributed by atoms with E-state index >= 15 is 0 Å². The number of fused-ring (bicyclic) bond motifs is 1. The second-order valence-corrected chi connectivity index (χ2v) is 6.75. The molecular weight excluding hydrogens is 288 g/mol. The fourth-order valence-electron chi connectivity index (χ4n) is 4.04. The van der Waals surface area contributed by atoms with Gasteiger partial charge in [0.15, 0.2) is 0 Å². The molecule has 3 N–H and O–H groups in total. The summed E-state index contributed by atoms with van der Waals surface area (Å²) in [7, 11) is 0. The first kappa shape index (κ1) is 14.6. The normalized spacial score (nSPS) is 22.6. The number of aromatic amines is 1. The van der Waals surface area contributed by atoms with Gasteiger partial charge in [-0.15, -0.1) is 0 Å². The predicted molar refractivity (Wildman–Crippen MR) is 92.6 cm³/mol. The van der Waals surface area contributed by atoms with Crippen molar-refractivity contribution in [3.63, 3.8) is 0 Å². The summed E-state index contributed by atoms with van der Waals surface area (Å²) in [5.74, 6) is 1.59. The predicted octanol–water partition coefficient (Wildman–Crippen LogP) is 3.02. The highest BCUT2D eigenvalue weighted by Crippen LogP contribution is 2.29. The molecule has 1 atom stereocenters. The fourth-order valence-corrected chi connectivity index (χ4v) is 4.04. The monoisotopic (exact) mass is 312 g/mol. The van der Waals surface area contributed by atoms with E-state index in [1.165, 1.54) is 6.42 Å². The first-order valence-electron chi connectivity index (χ1n) is 8.64. The Morgan fingerprint density at radius 3 is 2.78 bits per heavy atom. The Labute approximate surface area is 136 Å². The largest absolute Gasteiger partial charge is 0.361 e. The summed E-state index contributed by atoms with van der Waals surface area (Å²) in [6.45, 7) is 4.06. The van der Waals surface area contributed by atoms with Crippen molar-refractivity contribution in [1.29, 1.82) is 0 Å². The molecule has 2 aromatic rings. The lowest BCUT2D eigenvalue weighted by Crippen LogP contribution is -2.42. The van der Waals surface area contributed by atoms with E-state index in [0.29, 0.717) is 0 Å². The van der Waals surface area contributed by atoms with Crippen molar-refractivity contribution in [3.8, 4) is 0 Å². The molecule has 122 valence electrons. The number of nitrogens with one attached hydrogen (secondary N) is 3. The number of carbonyl (C=O) groups excluding carboxylic acids is 1. The van der Waals surface area contributed by atoms with Crippen molar-refractivity contribution in [2.45, 2.75) is 19.3 Å². The molecule has 2 amide bonds. The van der Waals surface area contributed by atoms with Gasteiger partial charge in [0.1, 0.15) is 0 Å². The van der Waals surface area contributed by atoms with Gasteiger partial charge in [0.2, 0.25) is 0 Å². The van der Waals surface area contributed by atoms with Gasteiger partial charge in [-0.1, -0.05) is 6.07 Å². The van der Waals surface area contributed by atoms with Gasteiger partial charge in [-0.25, -0.2) is 4.79 Å². The van der Waals surface area contributed by atoms with Gasteiger partial charge in [0.05, 0.1) is 5.69 Å². The fraction of sp³-hybridized carbons (Fsp3) is 0.500. The van der Waals surface area contributed by atoms with Crippen LogP contribution in [-0.4, -0.2) is 42.1 Å². The number of urea groups is 1. The average molecular weight is 312 g/mol. The number of H-pyrrole nitrogens is 1. The highest BCUT2D eigenvalue weighted by molar-refractivity contribution is 6.00. The molecule has 1 unspecified atom stereocenters. The van der Waals surface area contributed by atoms with Crippen LogP contribution in [0.1, 0.15) is 19.3 Å². The molecule has 0 saturated carbocycles. The Bertz CT molecular complexity index is 681. The van der Waals surface area contributed by atoms with Crippen molar-refractivity contribution in [1.82, 2.24) is 15.2 Å². The lowest BCUT2D eigenvalue weighted by molar-refractivity contribution is 0.163. The van der Waals surface area contributed by atoms with Crippen LogP contribution in [0, 0.1) is 11.8 Å².